The number of aromatic nitrogens is 2. The molecule has 1 unspecified atom stereocenters. The molecule has 5 heteroatoms. The van der Waals surface area contributed by atoms with Gasteiger partial charge in [-0.3, -0.25) is 0 Å². The maximum absolute atomic E-state index is 4.42. The van der Waals surface area contributed by atoms with Gasteiger partial charge in [0.25, 0.3) is 0 Å². The Bertz CT molecular complexity index is 327. The molecule has 1 N–H and O–H groups in total. The van der Waals surface area contributed by atoms with Gasteiger partial charge in [-0.1, -0.05) is 6.92 Å². The van der Waals surface area contributed by atoms with Crippen LogP contribution in [0.25, 0.3) is 0 Å². The predicted molar refractivity (Wildman–Crippen MR) is 68.9 cm³/mol. The Balaban J connectivity index is 2.03. The number of hydrogen-bond acceptors (Lipinski definition) is 5. The summed E-state index contributed by atoms with van der Waals surface area (Å²) in [5.74, 6) is 2.04. The topological polar surface area (TPSA) is 41.1 Å². The Labute approximate surface area is 101 Å². The normalized spacial score (nSPS) is 21.1. The lowest BCUT2D eigenvalue weighted by Crippen LogP contribution is -2.37. The molecule has 0 aromatic carbocycles. The van der Waals surface area contributed by atoms with Crippen molar-refractivity contribution in [3.05, 3.63) is 18.0 Å². The smallest absolute Gasteiger partial charge is 0.225 e. The van der Waals surface area contributed by atoms with Crippen LogP contribution in [-0.4, -0.2) is 41.1 Å². The Morgan fingerprint density at radius 1 is 1.50 bits per heavy atom. The van der Waals surface area contributed by atoms with Crippen LogP contribution >= 0.6 is 11.8 Å². The van der Waals surface area contributed by atoms with E-state index >= 15 is 0 Å². The van der Waals surface area contributed by atoms with Gasteiger partial charge in [0.05, 0.1) is 0 Å². The first-order valence-corrected chi connectivity index (χ1v) is 6.66. The first-order valence-electron chi connectivity index (χ1n) is 5.61. The Hall–Kier alpha value is -0.810. The van der Waals surface area contributed by atoms with Gasteiger partial charge in [-0.15, -0.1) is 0 Å². The molecule has 4 nitrogen and oxygen atoms in total. The lowest BCUT2D eigenvalue weighted by atomic mass is 10.3. The van der Waals surface area contributed by atoms with Gasteiger partial charge >= 0.3 is 0 Å². The van der Waals surface area contributed by atoms with Crippen molar-refractivity contribution in [2.24, 2.45) is 0 Å². The molecule has 0 radical (unpaired) electrons. The highest BCUT2D eigenvalue weighted by molar-refractivity contribution is 8.00. The summed E-state index contributed by atoms with van der Waals surface area (Å²) in [4.78, 5) is 11.1. The van der Waals surface area contributed by atoms with Crippen molar-refractivity contribution in [1.29, 1.82) is 0 Å². The number of rotatable bonds is 3. The van der Waals surface area contributed by atoms with E-state index in [0.29, 0.717) is 5.25 Å². The van der Waals surface area contributed by atoms with Crippen molar-refractivity contribution in [1.82, 2.24) is 15.3 Å². The maximum Gasteiger partial charge on any atom is 0.225 e. The van der Waals surface area contributed by atoms with Crippen LogP contribution in [-0.2, 0) is 6.54 Å². The third kappa shape index (κ3) is 2.86. The van der Waals surface area contributed by atoms with Crippen molar-refractivity contribution in [2.45, 2.75) is 18.7 Å². The van der Waals surface area contributed by atoms with Crippen LogP contribution in [0.3, 0.4) is 0 Å². The van der Waals surface area contributed by atoms with Gasteiger partial charge < -0.3 is 10.2 Å². The second-order valence-electron chi connectivity index (χ2n) is 4.05. The van der Waals surface area contributed by atoms with Crippen molar-refractivity contribution >= 4 is 17.7 Å². The molecule has 1 fully saturated rings. The van der Waals surface area contributed by atoms with Crippen molar-refractivity contribution in [2.75, 3.05) is 30.8 Å². The lowest BCUT2D eigenvalue weighted by Gasteiger charge is -2.30. The van der Waals surface area contributed by atoms with E-state index in [1.165, 1.54) is 5.75 Å². The van der Waals surface area contributed by atoms with E-state index in [9.17, 15) is 0 Å². The van der Waals surface area contributed by atoms with Crippen LogP contribution < -0.4 is 10.2 Å². The first-order chi connectivity index (χ1) is 7.79. The van der Waals surface area contributed by atoms with E-state index in [0.717, 1.165) is 31.1 Å². The molecule has 0 spiro atoms. The van der Waals surface area contributed by atoms with E-state index in [1.807, 2.05) is 31.2 Å². The summed E-state index contributed by atoms with van der Waals surface area (Å²) in [6.45, 7) is 5.19. The van der Waals surface area contributed by atoms with Crippen molar-refractivity contribution < 1.29 is 0 Å². The van der Waals surface area contributed by atoms with Crippen LogP contribution in [0, 0.1) is 0 Å². The number of hydrogen-bond donors (Lipinski definition) is 1. The molecule has 88 valence electrons. The molecule has 0 saturated carbocycles. The van der Waals surface area contributed by atoms with Crippen LogP contribution in [0.15, 0.2) is 12.4 Å². The van der Waals surface area contributed by atoms with Gasteiger partial charge in [0, 0.05) is 48.6 Å². The third-order valence-corrected chi connectivity index (χ3v) is 3.73. The largest absolute Gasteiger partial charge is 0.339 e. The number of nitrogens with zero attached hydrogens (tertiary/aromatic N) is 3. The van der Waals surface area contributed by atoms with E-state index in [4.69, 9.17) is 0 Å². The fourth-order valence-corrected chi connectivity index (χ4v) is 2.82. The average Bonchev–Trinajstić information content (AvgIpc) is 2.30. The lowest BCUT2D eigenvalue weighted by molar-refractivity contribution is 0.746. The minimum Gasteiger partial charge on any atom is -0.339 e. The highest BCUT2D eigenvalue weighted by Gasteiger charge is 2.18. The molecule has 1 atom stereocenters. The molecule has 0 aliphatic carbocycles. The zero-order chi connectivity index (χ0) is 11.4. The van der Waals surface area contributed by atoms with E-state index in [1.54, 1.807) is 0 Å². The van der Waals surface area contributed by atoms with Crippen LogP contribution in [0.1, 0.15) is 12.5 Å². The fourth-order valence-electron chi connectivity index (χ4n) is 1.81. The Morgan fingerprint density at radius 2 is 2.25 bits per heavy atom. The Morgan fingerprint density at radius 3 is 2.88 bits per heavy atom. The molecular weight excluding hydrogens is 220 g/mol. The summed E-state index contributed by atoms with van der Waals surface area (Å²) in [6, 6.07) is 0. The van der Waals surface area contributed by atoms with Gasteiger partial charge in [0.1, 0.15) is 0 Å². The highest BCUT2D eigenvalue weighted by Crippen LogP contribution is 2.20. The number of nitrogens with one attached hydrogen (secondary N) is 1. The summed E-state index contributed by atoms with van der Waals surface area (Å²) in [6.07, 6.45) is 3.82. The van der Waals surface area contributed by atoms with Gasteiger partial charge in [-0.25, -0.2) is 9.97 Å². The summed E-state index contributed by atoms with van der Waals surface area (Å²) in [7, 11) is 1.93. The summed E-state index contributed by atoms with van der Waals surface area (Å²) in [5, 5.41) is 3.77. The molecule has 0 amide bonds. The predicted octanol–water partition coefficient (Wildman–Crippen LogP) is 1.14. The molecule has 0 bridgehead atoms. The van der Waals surface area contributed by atoms with Gasteiger partial charge in [-0.2, -0.15) is 11.8 Å². The maximum atomic E-state index is 4.42. The standard InChI is InChI=1S/C11H18N4S/c1-9-8-15(3-4-16-9)11-13-6-10(5-12-2)7-14-11/h6-7,9,12H,3-5,8H2,1-2H3. The van der Waals surface area contributed by atoms with Crippen LogP contribution in [0.2, 0.25) is 0 Å². The van der Waals surface area contributed by atoms with Gasteiger partial charge in [0.2, 0.25) is 5.95 Å². The SMILES string of the molecule is CNCc1cnc(N2CCSC(C)C2)nc1. The van der Waals surface area contributed by atoms with Crippen molar-refractivity contribution in [3.8, 4) is 0 Å². The zero-order valence-corrected chi connectivity index (χ0v) is 10.6. The molecule has 1 aliphatic heterocycles. The molecule has 2 rings (SSSR count). The van der Waals surface area contributed by atoms with Gasteiger partial charge in [0.15, 0.2) is 0 Å². The number of anilines is 1. The van der Waals surface area contributed by atoms with Crippen LogP contribution in [0.4, 0.5) is 5.95 Å². The minimum absolute atomic E-state index is 0.675. The number of thioether (sulfide) groups is 1. The average molecular weight is 238 g/mol. The molecule has 1 saturated heterocycles. The summed E-state index contributed by atoms with van der Waals surface area (Å²) in [5.41, 5.74) is 1.13. The first kappa shape index (κ1) is 11.7. The quantitative estimate of drug-likeness (QED) is 0.855. The molecule has 1 aliphatic rings. The van der Waals surface area contributed by atoms with E-state index in [-0.39, 0.29) is 0 Å². The monoisotopic (exact) mass is 238 g/mol. The molecular formula is C11H18N4S. The summed E-state index contributed by atoms with van der Waals surface area (Å²) >= 11 is 2.02. The van der Waals surface area contributed by atoms with E-state index in [2.05, 4.69) is 27.1 Å². The van der Waals surface area contributed by atoms with Crippen LogP contribution in [0.5, 0.6) is 0 Å². The molecule has 16 heavy (non-hydrogen) atoms. The minimum atomic E-state index is 0.675. The summed E-state index contributed by atoms with van der Waals surface area (Å²) < 4.78 is 0. The zero-order valence-electron chi connectivity index (χ0n) is 9.81. The fraction of sp³-hybridized carbons (Fsp3) is 0.636. The van der Waals surface area contributed by atoms with E-state index < -0.39 is 0 Å². The highest BCUT2D eigenvalue weighted by atomic mass is 32.2. The molecule has 2 heterocycles. The second kappa shape index (κ2) is 5.50. The molecule has 1 aromatic rings. The third-order valence-electron chi connectivity index (χ3n) is 2.60. The van der Waals surface area contributed by atoms with Crippen molar-refractivity contribution in [3.63, 3.8) is 0 Å². The second-order valence-corrected chi connectivity index (χ2v) is 5.60. The molecule has 1 aromatic heterocycles. The van der Waals surface area contributed by atoms with Gasteiger partial charge in [-0.05, 0) is 7.05 Å². The Kier molecular flexibility index (Phi) is 4.01.